The summed E-state index contributed by atoms with van der Waals surface area (Å²) in [4.78, 5) is 19.5. The predicted molar refractivity (Wildman–Crippen MR) is 81.1 cm³/mol. The number of aromatic nitrogens is 1. The smallest absolute Gasteiger partial charge is 0.265 e. The van der Waals surface area contributed by atoms with Gasteiger partial charge in [0.25, 0.3) is 5.91 Å². The van der Waals surface area contributed by atoms with Gasteiger partial charge in [0.1, 0.15) is 4.88 Å². The van der Waals surface area contributed by atoms with Crippen molar-refractivity contribution in [3.8, 4) is 0 Å². The molecule has 0 spiro atoms. The van der Waals surface area contributed by atoms with Crippen molar-refractivity contribution in [3.05, 3.63) is 16.1 Å². The number of likely N-dealkylation sites (tertiary alicyclic amines) is 1. The lowest BCUT2D eigenvalue weighted by molar-refractivity contribution is 0.0469. The zero-order chi connectivity index (χ0) is 14.9. The number of nitrogens with zero attached hydrogens (tertiary/aromatic N) is 2. The van der Waals surface area contributed by atoms with Crippen molar-refractivity contribution in [2.24, 2.45) is 5.92 Å². The second-order valence-electron chi connectivity index (χ2n) is 6.67. The van der Waals surface area contributed by atoms with E-state index in [-0.39, 0.29) is 23.3 Å². The van der Waals surface area contributed by atoms with Gasteiger partial charge in [0.15, 0.2) is 0 Å². The first-order valence-corrected chi connectivity index (χ1v) is 8.04. The van der Waals surface area contributed by atoms with Crippen molar-refractivity contribution in [2.45, 2.75) is 52.1 Å². The summed E-state index contributed by atoms with van der Waals surface area (Å²) in [6, 6.07) is 0. The molecule has 0 aromatic carbocycles. The van der Waals surface area contributed by atoms with Gasteiger partial charge in [-0.1, -0.05) is 20.8 Å². The van der Waals surface area contributed by atoms with Gasteiger partial charge in [-0.25, -0.2) is 4.98 Å². The largest absolute Gasteiger partial charge is 0.393 e. The predicted octanol–water partition coefficient (Wildman–Crippen LogP) is 2.67. The fourth-order valence-electron chi connectivity index (χ4n) is 2.46. The van der Waals surface area contributed by atoms with Crippen LogP contribution in [0.3, 0.4) is 0 Å². The molecule has 0 saturated carbocycles. The summed E-state index contributed by atoms with van der Waals surface area (Å²) < 4.78 is 0. The molecule has 2 atom stereocenters. The lowest BCUT2D eigenvalue weighted by atomic mass is 9.93. The number of aliphatic hydroxyl groups excluding tert-OH is 1. The van der Waals surface area contributed by atoms with Gasteiger partial charge in [0, 0.05) is 24.4 Å². The summed E-state index contributed by atoms with van der Waals surface area (Å²) in [5.74, 6) is 0.256. The highest BCUT2D eigenvalue weighted by molar-refractivity contribution is 7.13. The lowest BCUT2D eigenvalue weighted by Crippen LogP contribution is -2.42. The molecule has 112 valence electrons. The van der Waals surface area contributed by atoms with E-state index in [1.54, 1.807) is 6.20 Å². The average molecular weight is 296 g/mol. The maximum absolute atomic E-state index is 12.5. The molecule has 20 heavy (non-hydrogen) atoms. The summed E-state index contributed by atoms with van der Waals surface area (Å²) in [6.07, 6.45) is 3.31. The zero-order valence-corrected chi connectivity index (χ0v) is 13.5. The molecule has 2 heterocycles. The number of amides is 1. The monoisotopic (exact) mass is 296 g/mol. The van der Waals surface area contributed by atoms with E-state index in [0.717, 1.165) is 24.4 Å². The molecule has 1 aliphatic heterocycles. The van der Waals surface area contributed by atoms with E-state index < -0.39 is 0 Å². The third-order valence-electron chi connectivity index (χ3n) is 3.79. The minimum absolute atomic E-state index is 0.0206. The summed E-state index contributed by atoms with van der Waals surface area (Å²) in [6.45, 7) is 9.55. The van der Waals surface area contributed by atoms with Crippen molar-refractivity contribution < 1.29 is 9.90 Å². The molecule has 1 N–H and O–H groups in total. The molecular formula is C15H24N2O2S. The molecular weight excluding hydrogens is 272 g/mol. The van der Waals surface area contributed by atoms with Gasteiger partial charge in [0.05, 0.1) is 17.3 Å². The number of hydrogen-bond donors (Lipinski definition) is 1. The summed E-state index contributed by atoms with van der Waals surface area (Å²) >= 11 is 1.49. The van der Waals surface area contributed by atoms with Crippen molar-refractivity contribution in [3.63, 3.8) is 0 Å². The molecule has 1 amide bonds. The molecule has 2 unspecified atom stereocenters. The number of thiazole rings is 1. The minimum Gasteiger partial charge on any atom is -0.393 e. The Hall–Kier alpha value is -0.940. The molecule has 0 radical (unpaired) electrons. The summed E-state index contributed by atoms with van der Waals surface area (Å²) in [7, 11) is 0. The lowest BCUT2D eigenvalue weighted by Gasteiger charge is -2.33. The molecule has 1 fully saturated rings. The second kappa shape index (κ2) is 5.82. The Balaban J connectivity index is 2.09. The van der Waals surface area contributed by atoms with Gasteiger partial charge in [-0.05, 0) is 19.8 Å². The van der Waals surface area contributed by atoms with Crippen molar-refractivity contribution in [1.82, 2.24) is 9.88 Å². The van der Waals surface area contributed by atoms with Gasteiger partial charge in [0.2, 0.25) is 0 Å². The van der Waals surface area contributed by atoms with Gasteiger partial charge in [-0.15, -0.1) is 11.3 Å². The Bertz CT molecular complexity index is 476. The number of carbonyl (C=O) groups excluding carboxylic acids is 1. The van der Waals surface area contributed by atoms with Gasteiger partial charge in [-0.3, -0.25) is 4.79 Å². The van der Waals surface area contributed by atoms with E-state index in [9.17, 15) is 9.90 Å². The van der Waals surface area contributed by atoms with Crippen LogP contribution in [-0.2, 0) is 5.41 Å². The van der Waals surface area contributed by atoms with E-state index in [2.05, 4.69) is 25.8 Å². The molecule has 1 saturated heterocycles. The Kier molecular flexibility index (Phi) is 4.49. The van der Waals surface area contributed by atoms with Crippen molar-refractivity contribution >= 4 is 17.2 Å². The first-order chi connectivity index (χ1) is 9.29. The van der Waals surface area contributed by atoms with Gasteiger partial charge < -0.3 is 10.0 Å². The summed E-state index contributed by atoms with van der Waals surface area (Å²) in [5.41, 5.74) is -0.0206. The van der Waals surface area contributed by atoms with Crippen LogP contribution in [0.5, 0.6) is 0 Å². The van der Waals surface area contributed by atoms with Crippen molar-refractivity contribution in [1.29, 1.82) is 0 Å². The van der Waals surface area contributed by atoms with E-state index >= 15 is 0 Å². The Morgan fingerprint density at radius 2 is 2.25 bits per heavy atom. The molecule has 0 aliphatic carbocycles. The fraction of sp³-hybridized carbons (Fsp3) is 0.733. The van der Waals surface area contributed by atoms with Crippen LogP contribution in [-0.4, -0.2) is 40.1 Å². The first kappa shape index (κ1) is 15.4. The third kappa shape index (κ3) is 3.38. The molecule has 1 aliphatic rings. The number of piperidine rings is 1. The van der Waals surface area contributed by atoms with Crippen LogP contribution in [0.25, 0.3) is 0 Å². The van der Waals surface area contributed by atoms with E-state index in [4.69, 9.17) is 0 Å². The Morgan fingerprint density at radius 1 is 1.55 bits per heavy atom. The SMILES string of the molecule is CC(O)C1CCCN(C(=O)c2cnc(C(C)(C)C)s2)C1. The fourth-order valence-corrected chi connectivity index (χ4v) is 3.41. The molecule has 0 bridgehead atoms. The summed E-state index contributed by atoms with van der Waals surface area (Å²) in [5, 5.41) is 10.7. The van der Waals surface area contributed by atoms with Crippen LogP contribution in [0, 0.1) is 5.92 Å². The standard InChI is InChI=1S/C15H24N2O2S/c1-10(18)11-6-5-7-17(9-11)13(19)12-8-16-14(20-12)15(2,3)4/h8,10-11,18H,5-7,9H2,1-4H3. The highest BCUT2D eigenvalue weighted by Gasteiger charge is 2.29. The zero-order valence-electron chi connectivity index (χ0n) is 12.7. The number of rotatable bonds is 2. The Labute approximate surface area is 124 Å². The van der Waals surface area contributed by atoms with E-state index in [0.29, 0.717) is 11.4 Å². The van der Waals surface area contributed by atoms with Gasteiger partial charge in [-0.2, -0.15) is 0 Å². The highest BCUT2D eigenvalue weighted by atomic mass is 32.1. The third-order valence-corrected chi connectivity index (χ3v) is 5.20. The maximum atomic E-state index is 12.5. The van der Waals surface area contributed by atoms with Crippen LogP contribution >= 0.6 is 11.3 Å². The number of aliphatic hydroxyl groups is 1. The van der Waals surface area contributed by atoms with E-state index in [1.807, 2.05) is 11.8 Å². The minimum atomic E-state index is -0.350. The highest BCUT2D eigenvalue weighted by Crippen LogP contribution is 2.28. The molecule has 1 aromatic heterocycles. The van der Waals surface area contributed by atoms with Crippen LogP contribution < -0.4 is 0 Å². The molecule has 5 heteroatoms. The van der Waals surface area contributed by atoms with Crippen LogP contribution in [0.2, 0.25) is 0 Å². The molecule has 1 aromatic rings. The van der Waals surface area contributed by atoms with Crippen LogP contribution in [0.15, 0.2) is 6.20 Å². The second-order valence-corrected chi connectivity index (χ2v) is 7.70. The quantitative estimate of drug-likeness (QED) is 0.913. The normalized spacial score (nSPS) is 21.9. The molecule has 2 rings (SSSR count). The Morgan fingerprint density at radius 3 is 2.80 bits per heavy atom. The van der Waals surface area contributed by atoms with Crippen LogP contribution in [0.4, 0.5) is 0 Å². The molecule has 4 nitrogen and oxygen atoms in total. The van der Waals surface area contributed by atoms with Crippen molar-refractivity contribution in [2.75, 3.05) is 13.1 Å². The number of hydrogen-bond acceptors (Lipinski definition) is 4. The van der Waals surface area contributed by atoms with Crippen LogP contribution in [0.1, 0.15) is 55.2 Å². The van der Waals surface area contributed by atoms with Gasteiger partial charge >= 0.3 is 0 Å². The maximum Gasteiger partial charge on any atom is 0.265 e. The number of carbonyl (C=O) groups is 1. The topological polar surface area (TPSA) is 53.4 Å². The van der Waals surface area contributed by atoms with E-state index in [1.165, 1.54) is 11.3 Å². The first-order valence-electron chi connectivity index (χ1n) is 7.22. The average Bonchev–Trinajstić information content (AvgIpc) is 2.87.